The Kier molecular flexibility index (Phi) is 5.91. The lowest BCUT2D eigenvalue weighted by atomic mass is 9.86. The van der Waals surface area contributed by atoms with Crippen molar-refractivity contribution < 1.29 is 0 Å². The molecule has 0 aliphatic rings. The van der Waals surface area contributed by atoms with Gasteiger partial charge in [0.15, 0.2) is 0 Å². The van der Waals surface area contributed by atoms with Gasteiger partial charge in [0.25, 0.3) is 0 Å². The quantitative estimate of drug-likeness (QED) is 0.175. The van der Waals surface area contributed by atoms with E-state index in [4.69, 9.17) is 0 Å². The Morgan fingerprint density at radius 1 is 0.312 bits per heavy atom. The van der Waals surface area contributed by atoms with Crippen LogP contribution in [0.15, 0.2) is 182 Å². The second-order valence-electron chi connectivity index (χ2n) is 12.6. The molecule has 0 unspecified atom stereocenters. The Morgan fingerprint density at radius 3 is 1.46 bits per heavy atom. The van der Waals surface area contributed by atoms with Crippen LogP contribution in [0.4, 0.5) is 0 Å². The average molecular weight is 611 g/mol. The first-order valence-corrected chi connectivity index (χ1v) is 16.5. The lowest BCUT2D eigenvalue weighted by Crippen LogP contribution is -1.95. The van der Waals surface area contributed by atoms with Gasteiger partial charge in [-0.05, 0) is 92.3 Å². The molecular weight excluding hydrogens is 581 g/mol. The van der Waals surface area contributed by atoms with Gasteiger partial charge in [-0.3, -0.25) is 0 Å². The monoisotopic (exact) mass is 610 g/mol. The van der Waals surface area contributed by atoms with Crippen molar-refractivity contribution in [1.82, 2.24) is 9.13 Å². The van der Waals surface area contributed by atoms with Crippen molar-refractivity contribution in [2.45, 2.75) is 0 Å². The SMILES string of the molecule is c1ccc(-c2c3ccccc3c(-c3ccc(-n4c5ccccc5c5cc6ccn(-c7ccccc7)c6cc54)cc3)c3ccccc23)cc1. The van der Waals surface area contributed by atoms with Crippen molar-refractivity contribution in [3.63, 3.8) is 0 Å². The number of hydrogen-bond donors (Lipinski definition) is 0. The van der Waals surface area contributed by atoms with Gasteiger partial charge in [-0.1, -0.05) is 127 Å². The number of hydrogen-bond acceptors (Lipinski definition) is 0. The van der Waals surface area contributed by atoms with E-state index in [1.54, 1.807) is 0 Å². The minimum absolute atomic E-state index is 1.15. The van der Waals surface area contributed by atoms with Gasteiger partial charge in [-0.15, -0.1) is 0 Å². The molecule has 0 aliphatic carbocycles. The average Bonchev–Trinajstić information content (AvgIpc) is 3.72. The highest BCUT2D eigenvalue weighted by Gasteiger charge is 2.18. The summed E-state index contributed by atoms with van der Waals surface area (Å²) in [7, 11) is 0. The Balaban J connectivity index is 1.19. The second kappa shape index (κ2) is 10.6. The number of nitrogens with zero attached hydrogens (tertiary/aromatic N) is 2. The molecule has 10 aromatic rings. The molecule has 0 aliphatic heterocycles. The van der Waals surface area contributed by atoms with Gasteiger partial charge in [-0.25, -0.2) is 0 Å². The molecule has 0 fully saturated rings. The van der Waals surface area contributed by atoms with Crippen LogP contribution in [0, 0.1) is 0 Å². The van der Waals surface area contributed by atoms with E-state index in [1.165, 1.54) is 76.5 Å². The minimum Gasteiger partial charge on any atom is -0.316 e. The summed E-state index contributed by atoms with van der Waals surface area (Å²) in [5, 5.41) is 8.85. The van der Waals surface area contributed by atoms with E-state index in [1.807, 2.05) is 0 Å². The maximum Gasteiger partial charge on any atom is 0.0562 e. The molecule has 8 aromatic carbocycles. The topological polar surface area (TPSA) is 9.86 Å². The molecule has 2 heteroatoms. The van der Waals surface area contributed by atoms with Gasteiger partial charge in [-0.2, -0.15) is 0 Å². The molecule has 0 bridgehead atoms. The fourth-order valence-electron chi connectivity index (χ4n) is 7.82. The van der Waals surface area contributed by atoms with E-state index >= 15 is 0 Å². The van der Waals surface area contributed by atoms with Gasteiger partial charge in [0.1, 0.15) is 0 Å². The zero-order valence-electron chi connectivity index (χ0n) is 26.2. The highest BCUT2D eigenvalue weighted by molar-refractivity contribution is 6.21. The summed E-state index contributed by atoms with van der Waals surface area (Å²) >= 11 is 0. The standard InChI is InChI=1S/C46H30N2/c1-3-13-31(14-4-1)45-37-18-7-9-20-39(37)46(40-21-10-8-19-38(40)45)32-23-25-35(26-24-32)48-42-22-12-11-17-36(42)41-29-33-27-28-47(43(33)30-44(41)48)34-15-5-2-6-16-34/h1-30H. The normalized spacial score (nSPS) is 11.8. The molecule has 10 rings (SSSR count). The molecule has 2 heterocycles. The molecule has 0 atom stereocenters. The molecule has 0 saturated heterocycles. The molecule has 0 saturated carbocycles. The zero-order chi connectivity index (χ0) is 31.6. The van der Waals surface area contributed by atoms with Crippen LogP contribution in [0.1, 0.15) is 0 Å². The third kappa shape index (κ3) is 4.00. The Bertz CT molecular complexity index is 2750. The van der Waals surface area contributed by atoms with Crippen LogP contribution in [0.25, 0.3) is 87.9 Å². The van der Waals surface area contributed by atoms with Crippen molar-refractivity contribution in [3.8, 4) is 33.6 Å². The first-order valence-electron chi connectivity index (χ1n) is 16.5. The van der Waals surface area contributed by atoms with E-state index in [-0.39, 0.29) is 0 Å². The molecule has 0 amide bonds. The maximum absolute atomic E-state index is 2.42. The highest BCUT2D eigenvalue weighted by Crippen LogP contribution is 2.44. The van der Waals surface area contributed by atoms with Gasteiger partial charge in [0.2, 0.25) is 0 Å². The third-order valence-electron chi connectivity index (χ3n) is 9.93. The predicted octanol–water partition coefficient (Wildman–Crippen LogP) is 12.4. The van der Waals surface area contributed by atoms with Gasteiger partial charge < -0.3 is 9.13 Å². The Hall–Kier alpha value is -6.38. The number of fused-ring (bicyclic) bond motifs is 6. The van der Waals surface area contributed by atoms with Crippen LogP contribution in [0.3, 0.4) is 0 Å². The lowest BCUT2D eigenvalue weighted by molar-refractivity contribution is 1.12. The van der Waals surface area contributed by atoms with Crippen molar-refractivity contribution in [2.24, 2.45) is 0 Å². The van der Waals surface area contributed by atoms with E-state index in [0.717, 1.165) is 11.4 Å². The largest absolute Gasteiger partial charge is 0.316 e. The van der Waals surface area contributed by atoms with Crippen LogP contribution in [-0.2, 0) is 0 Å². The minimum atomic E-state index is 1.15. The van der Waals surface area contributed by atoms with E-state index < -0.39 is 0 Å². The summed E-state index contributed by atoms with van der Waals surface area (Å²) in [5.74, 6) is 0. The van der Waals surface area contributed by atoms with Gasteiger partial charge in [0.05, 0.1) is 16.6 Å². The first-order chi connectivity index (χ1) is 23.8. The second-order valence-corrected chi connectivity index (χ2v) is 12.6. The van der Waals surface area contributed by atoms with Crippen molar-refractivity contribution in [2.75, 3.05) is 0 Å². The van der Waals surface area contributed by atoms with Gasteiger partial charge in [0, 0.05) is 33.7 Å². The highest BCUT2D eigenvalue weighted by atomic mass is 15.0. The van der Waals surface area contributed by atoms with Crippen molar-refractivity contribution >= 4 is 54.3 Å². The molecule has 2 nitrogen and oxygen atoms in total. The van der Waals surface area contributed by atoms with Crippen LogP contribution >= 0.6 is 0 Å². The van der Waals surface area contributed by atoms with Crippen molar-refractivity contribution in [1.29, 1.82) is 0 Å². The van der Waals surface area contributed by atoms with Crippen LogP contribution < -0.4 is 0 Å². The fraction of sp³-hybridized carbons (Fsp3) is 0. The molecular formula is C46H30N2. The Labute approximate surface area is 278 Å². The molecule has 224 valence electrons. The van der Waals surface area contributed by atoms with E-state index in [9.17, 15) is 0 Å². The Morgan fingerprint density at radius 2 is 0.833 bits per heavy atom. The molecule has 0 spiro atoms. The first kappa shape index (κ1) is 26.8. The molecule has 2 aromatic heterocycles. The fourth-order valence-corrected chi connectivity index (χ4v) is 7.82. The van der Waals surface area contributed by atoms with E-state index in [0.29, 0.717) is 0 Å². The van der Waals surface area contributed by atoms with Crippen LogP contribution in [0.2, 0.25) is 0 Å². The van der Waals surface area contributed by atoms with E-state index in [2.05, 4.69) is 191 Å². The molecule has 48 heavy (non-hydrogen) atoms. The summed E-state index contributed by atoms with van der Waals surface area (Å²) in [4.78, 5) is 0. The molecule has 0 N–H and O–H groups in total. The smallest absolute Gasteiger partial charge is 0.0562 e. The molecule has 0 radical (unpaired) electrons. The number of para-hydroxylation sites is 2. The summed E-state index contributed by atoms with van der Waals surface area (Å²) in [6, 6.07) is 64.0. The lowest BCUT2D eigenvalue weighted by Gasteiger charge is -2.18. The summed E-state index contributed by atoms with van der Waals surface area (Å²) in [6.07, 6.45) is 2.18. The number of aromatic nitrogens is 2. The zero-order valence-corrected chi connectivity index (χ0v) is 26.2. The summed E-state index contributed by atoms with van der Waals surface area (Å²) in [5.41, 5.74) is 10.9. The predicted molar refractivity (Wildman–Crippen MR) is 203 cm³/mol. The van der Waals surface area contributed by atoms with Crippen LogP contribution in [-0.4, -0.2) is 9.13 Å². The summed E-state index contributed by atoms with van der Waals surface area (Å²) < 4.78 is 4.71. The number of benzene rings is 8. The maximum atomic E-state index is 2.42. The van der Waals surface area contributed by atoms with Crippen molar-refractivity contribution in [3.05, 3.63) is 182 Å². The summed E-state index contributed by atoms with van der Waals surface area (Å²) in [6.45, 7) is 0. The van der Waals surface area contributed by atoms with Crippen LogP contribution in [0.5, 0.6) is 0 Å². The van der Waals surface area contributed by atoms with Gasteiger partial charge >= 0.3 is 0 Å². The third-order valence-corrected chi connectivity index (χ3v) is 9.93. The number of rotatable bonds is 4.